The Balaban J connectivity index is 2.17. The van der Waals surface area contributed by atoms with Crippen LogP contribution in [0.15, 0.2) is 24.3 Å². The van der Waals surface area contributed by atoms with Gasteiger partial charge in [-0.3, -0.25) is 0 Å². The van der Waals surface area contributed by atoms with Gasteiger partial charge in [0.25, 0.3) is 0 Å². The second kappa shape index (κ2) is 6.67. The topological polar surface area (TPSA) is 41.6 Å². The predicted octanol–water partition coefficient (Wildman–Crippen LogP) is 3.17. The lowest BCUT2D eigenvalue weighted by atomic mass is 9.86. The SMILES string of the molecule is COC(=O)C1(Nc2cccc(Cl)c2)CCN(C(C)C)CC1. The van der Waals surface area contributed by atoms with E-state index < -0.39 is 5.54 Å². The normalized spacial score (nSPS) is 18.5. The molecular weight excluding hydrogens is 288 g/mol. The molecule has 1 aromatic carbocycles. The summed E-state index contributed by atoms with van der Waals surface area (Å²) in [5.41, 5.74) is 0.191. The van der Waals surface area contributed by atoms with Crippen LogP contribution in [0.5, 0.6) is 0 Å². The lowest BCUT2D eigenvalue weighted by Gasteiger charge is -2.42. The molecule has 0 spiro atoms. The van der Waals surface area contributed by atoms with Gasteiger partial charge in [0.1, 0.15) is 5.54 Å². The van der Waals surface area contributed by atoms with E-state index in [4.69, 9.17) is 16.3 Å². The average Bonchev–Trinajstić information content (AvgIpc) is 2.46. The summed E-state index contributed by atoms with van der Waals surface area (Å²) in [5.74, 6) is -0.203. The number of hydrogen-bond acceptors (Lipinski definition) is 4. The van der Waals surface area contributed by atoms with Crippen molar-refractivity contribution in [3.8, 4) is 0 Å². The van der Waals surface area contributed by atoms with Crippen molar-refractivity contribution in [2.45, 2.75) is 38.3 Å². The molecule has 0 unspecified atom stereocenters. The number of carbonyl (C=O) groups is 1. The van der Waals surface area contributed by atoms with E-state index in [0.29, 0.717) is 11.1 Å². The number of carbonyl (C=O) groups excluding carboxylic acids is 1. The number of benzene rings is 1. The van der Waals surface area contributed by atoms with Gasteiger partial charge in [-0.25, -0.2) is 4.79 Å². The average molecular weight is 311 g/mol. The monoisotopic (exact) mass is 310 g/mol. The molecule has 116 valence electrons. The van der Waals surface area contributed by atoms with Crippen molar-refractivity contribution in [1.82, 2.24) is 4.90 Å². The maximum absolute atomic E-state index is 12.3. The first kappa shape index (κ1) is 16.1. The second-order valence-corrected chi connectivity index (χ2v) is 6.28. The van der Waals surface area contributed by atoms with Gasteiger partial charge in [0.2, 0.25) is 0 Å². The highest BCUT2D eigenvalue weighted by Gasteiger charge is 2.42. The molecule has 5 heteroatoms. The summed E-state index contributed by atoms with van der Waals surface area (Å²) in [6.45, 7) is 6.10. The van der Waals surface area contributed by atoms with Crippen LogP contribution in [0.25, 0.3) is 0 Å². The van der Waals surface area contributed by atoms with Gasteiger partial charge in [-0.05, 0) is 44.9 Å². The van der Waals surface area contributed by atoms with Crippen molar-refractivity contribution < 1.29 is 9.53 Å². The number of esters is 1. The van der Waals surface area contributed by atoms with Gasteiger partial charge in [0.05, 0.1) is 7.11 Å². The fourth-order valence-corrected chi connectivity index (χ4v) is 3.03. The molecule has 21 heavy (non-hydrogen) atoms. The molecule has 1 aromatic rings. The zero-order valence-corrected chi connectivity index (χ0v) is 13.6. The van der Waals surface area contributed by atoms with E-state index in [1.807, 2.05) is 24.3 Å². The Morgan fingerprint density at radius 3 is 2.57 bits per heavy atom. The molecule has 4 nitrogen and oxygen atoms in total. The number of anilines is 1. The third-order valence-corrected chi connectivity index (χ3v) is 4.40. The molecule has 2 rings (SSSR count). The van der Waals surface area contributed by atoms with Crippen LogP contribution in [0.4, 0.5) is 5.69 Å². The summed E-state index contributed by atoms with van der Waals surface area (Å²) in [6.07, 6.45) is 1.45. The number of rotatable bonds is 4. The quantitative estimate of drug-likeness (QED) is 0.867. The lowest BCUT2D eigenvalue weighted by molar-refractivity contribution is -0.148. The zero-order chi connectivity index (χ0) is 15.5. The highest BCUT2D eigenvalue weighted by atomic mass is 35.5. The van der Waals surface area contributed by atoms with Crippen molar-refractivity contribution in [1.29, 1.82) is 0 Å². The summed E-state index contributed by atoms with van der Waals surface area (Å²) in [6, 6.07) is 7.94. The van der Waals surface area contributed by atoms with Gasteiger partial charge in [0.15, 0.2) is 0 Å². The van der Waals surface area contributed by atoms with Crippen molar-refractivity contribution in [2.24, 2.45) is 0 Å². The van der Waals surface area contributed by atoms with E-state index in [1.54, 1.807) is 0 Å². The van der Waals surface area contributed by atoms with Crippen LogP contribution in [-0.4, -0.2) is 42.6 Å². The molecule has 1 aliphatic heterocycles. The Kier molecular flexibility index (Phi) is 5.12. The fraction of sp³-hybridized carbons (Fsp3) is 0.562. The smallest absolute Gasteiger partial charge is 0.331 e. The molecule has 1 heterocycles. The largest absolute Gasteiger partial charge is 0.467 e. The first-order chi connectivity index (χ1) is 9.97. The Bertz CT molecular complexity index is 497. The Morgan fingerprint density at radius 2 is 2.05 bits per heavy atom. The van der Waals surface area contributed by atoms with Crippen molar-refractivity contribution >= 4 is 23.3 Å². The molecule has 0 aromatic heterocycles. The number of hydrogen-bond donors (Lipinski definition) is 1. The molecule has 0 saturated carbocycles. The maximum atomic E-state index is 12.3. The van der Waals surface area contributed by atoms with Crippen LogP contribution in [0.1, 0.15) is 26.7 Å². The van der Waals surface area contributed by atoms with E-state index >= 15 is 0 Å². The van der Waals surface area contributed by atoms with Crippen LogP contribution in [-0.2, 0) is 9.53 Å². The van der Waals surface area contributed by atoms with Crippen molar-refractivity contribution in [3.05, 3.63) is 29.3 Å². The minimum absolute atomic E-state index is 0.203. The summed E-state index contributed by atoms with van der Waals surface area (Å²) in [4.78, 5) is 14.7. The van der Waals surface area contributed by atoms with Crippen LogP contribution in [0.3, 0.4) is 0 Å². The summed E-state index contributed by atoms with van der Waals surface area (Å²) in [5, 5.41) is 4.01. The molecule has 0 bridgehead atoms. The molecule has 0 radical (unpaired) electrons. The van der Waals surface area contributed by atoms with Gasteiger partial charge in [-0.15, -0.1) is 0 Å². The Labute approximate surface area is 131 Å². The van der Waals surface area contributed by atoms with E-state index in [9.17, 15) is 4.79 Å². The van der Waals surface area contributed by atoms with Gasteiger partial charge in [-0.1, -0.05) is 17.7 Å². The Hall–Kier alpha value is -1.26. The van der Waals surface area contributed by atoms with Crippen LogP contribution >= 0.6 is 11.6 Å². The first-order valence-electron chi connectivity index (χ1n) is 7.33. The minimum Gasteiger partial charge on any atom is -0.467 e. The number of halogens is 1. The third kappa shape index (κ3) is 3.69. The molecule has 0 atom stereocenters. The maximum Gasteiger partial charge on any atom is 0.331 e. The summed E-state index contributed by atoms with van der Waals surface area (Å²) < 4.78 is 5.04. The number of nitrogens with one attached hydrogen (secondary N) is 1. The van der Waals surface area contributed by atoms with Crippen LogP contribution in [0, 0.1) is 0 Å². The number of likely N-dealkylation sites (tertiary alicyclic amines) is 1. The van der Waals surface area contributed by atoms with Crippen molar-refractivity contribution in [2.75, 3.05) is 25.5 Å². The standard InChI is InChI=1S/C16H23ClN2O2/c1-12(2)19-9-7-16(8-10-19,15(20)21-3)18-14-6-4-5-13(17)11-14/h4-6,11-12,18H,7-10H2,1-3H3. The molecular formula is C16H23ClN2O2. The van der Waals surface area contributed by atoms with Crippen molar-refractivity contribution in [3.63, 3.8) is 0 Å². The number of ether oxygens (including phenoxy) is 1. The highest BCUT2D eigenvalue weighted by Crippen LogP contribution is 2.30. The highest BCUT2D eigenvalue weighted by molar-refractivity contribution is 6.30. The molecule has 0 amide bonds. The van der Waals surface area contributed by atoms with E-state index in [-0.39, 0.29) is 5.97 Å². The third-order valence-electron chi connectivity index (χ3n) is 4.17. The second-order valence-electron chi connectivity index (χ2n) is 5.84. The lowest BCUT2D eigenvalue weighted by Crippen LogP contribution is -2.56. The molecule has 1 N–H and O–H groups in total. The van der Waals surface area contributed by atoms with E-state index in [0.717, 1.165) is 31.6 Å². The molecule has 1 fully saturated rings. The van der Waals surface area contributed by atoms with E-state index in [1.165, 1.54) is 7.11 Å². The van der Waals surface area contributed by atoms with Gasteiger partial charge < -0.3 is 15.0 Å². The molecule has 1 aliphatic rings. The van der Waals surface area contributed by atoms with Gasteiger partial charge in [-0.2, -0.15) is 0 Å². The fourth-order valence-electron chi connectivity index (χ4n) is 2.84. The number of piperidine rings is 1. The Morgan fingerprint density at radius 1 is 1.38 bits per heavy atom. The number of methoxy groups -OCH3 is 1. The van der Waals surface area contributed by atoms with E-state index in [2.05, 4.69) is 24.1 Å². The minimum atomic E-state index is -0.662. The first-order valence-corrected chi connectivity index (χ1v) is 7.71. The van der Waals surface area contributed by atoms with Crippen LogP contribution in [0.2, 0.25) is 5.02 Å². The van der Waals surface area contributed by atoms with Crippen LogP contribution < -0.4 is 5.32 Å². The summed E-state index contributed by atoms with van der Waals surface area (Å²) in [7, 11) is 1.44. The predicted molar refractivity (Wildman–Crippen MR) is 85.8 cm³/mol. The van der Waals surface area contributed by atoms with Gasteiger partial charge in [0, 0.05) is 29.8 Å². The summed E-state index contributed by atoms with van der Waals surface area (Å²) >= 11 is 6.02. The zero-order valence-electron chi connectivity index (χ0n) is 12.9. The molecule has 1 saturated heterocycles. The molecule has 0 aliphatic carbocycles. The van der Waals surface area contributed by atoms with Gasteiger partial charge >= 0.3 is 5.97 Å². The number of nitrogens with zero attached hydrogens (tertiary/aromatic N) is 1.